The quantitative estimate of drug-likeness (QED) is 0.929. The van der Waals surface area contributed by atoms with Crippen LogP contribution in [0.15, 0.2) is 22.7 Å². The van der Waals surface area contributed by atoms with Crippen LogP contribution in [0.5, 0.6) is 0 Å². The molecule has 6 heteroatoms. The van der Waals surface area contributed by atoms with E-state index in [9.17, 15) is 9.90 Å². The van der Waals surface area contributed by atoms with E-state index in [4.69, 9.17) is 27.7 Å². The number of aryl methyl sites for hydroxylation is 1. The van der Waals surface area contributed by atoms with Crippen molar-refractivity contribution in [1.29, 1.82) is 0 Å². The predicted molar refractivity (Wildman–Crippen MR) is 68.3 cm³/mol. The third kappa shape index (κ3) is 2.09. The summed E-state index contributed by atoms with van der Waals surface area (Å²) in [5.74, 6) is -0.785. The third-order valence-electron chi connectivity index (χ3n) is 2.50. The second-order valence-corrected chi connectivity index (χ2v) is 4.37. The van der Waals surface area contributed by atoms with Crippen molar-refractivity contribution in [1.82, 2.24) is 5.16 Å². The van der Waals surface area contributed by atoms with Crippen molar-refractivity contribution in [3.05, 3.63) is 39.6 Å². The van der Waals surface area contributed by atoms with Crippen molar-refractivity contribution in [2.24, 2.45) is 0 Å². The normalized spacial score (nSPS) is 10.6. The number of aromatic carboxylic acids is 1. The van der Waals surface area contributed by atoms with Crippen molar-refractivity contribution >= 4 is 29.2 Å². The van der Waals surface area contributed by atoms with Crippen molar-refractivity contribution in [2.75, 3.05) is 0 Å². The van der Waals surface area contributed by atoms with Crippen molar-refractivity contribution in [2.45, 2.75) is 13.3 Å². The fourth-order valence-electron chi connectivity index (χ4n) is 1.66. The van der Waals surface area contributed by atoms with E-state index in [0.29, 0.717) is 22.8 Å². The summed E-state index contributed by atoms with van der Waals surface area (Å²) in [4.78, 5) is 11.3. The molecule has 94 valence electrons. The molecule has 1 N–H and O–H groups in total. The largest absolute Gasteiger partial charge is 0.477 e. The highest BCUT2D eigenvalue weighted by molar-refractivity contribution is 6.43. The summed E-state index contributed by atoms with van der Waals surface area (Å²) in [5, 5.41) is 13.6. The van der Waals surface area contributed by atoms with Crippen LogP contribution in [0, 0.1) is 0 Å². The summed E-state index contributed by atoms with van der Waals surface area (Å²) in [6, 6.07) is 4.95. The van der Waals surface area contributed by atoms with Gasteiger partial charge < -0.3 is 9.63 Å². The Balaban J connectivity index is 2.68. The van der Waals surface area contributed by atoms with Gasteiger partial charge >= 0.3 is 5.97 Å². The molecule has 0 radical (unpaired) electrons. The highest BCUT2D eigenvalue weighted by atomic mass is 35.5. The molecule has 0 fully saturated rings. The van der Waals surface area contributed by atoms with E-state index in [-0.39, 0.29) is 16.3 Å². The van der Waals surface area contributed by atoms with Crippen LogP contribution in [0.25, 0.3) is 11.3 Å². The third-order valence-corrected chi connectivity index (χ3v) is 3.32. The maximum absolute atomic E-state index is 11.3. The number of aromatic nitrogens is 1. The Bertz CT molecular complexity index is 607. The molecule has 0 bridgehead atoms. The monoisotopic (exact) mass is 285 g/mol. The number of halogens is 2. The minimum Gasteiger partial charge on any atom is -0.477 e. The molecule has 0 unspecified atom stereocenters. The molecular formula is C12H9Cl2NO3. The maximum atomic E-state index is 11.3. The lowest BCUT2D eigenvalue weighted by Gasteiger charge is -2.03. The molecule has 0 saturated carbocycles. The Labute approximate surface area is 113 Å². The van der Waals surface area contributed by atoms with E-state index in [0.717, 1.165) is 0 Å². The molecule has 1 heterocycles. The first-order chi connectivity index (χ1) is 8.56. The van der Waals surface area contributed by atoms with Gasteiger partial charge in [0.1, 0.15) is 11.3 Å². The van der Waals surface area contributed by atoms with Crippen LogP contribution in [-0.2, 0) is 6.42 Å². The maximum Gasteiger partial charge on any atom is 0.341 e. The first-order valence-corrected chi connectivity index (χ1v) is 5.98. The number of rotatable bonds is 3. The van der Waals surface area contributed by atoms with Gasteiger partial charge in [0.15, 0.2) is 5.76 Å². The summed E-state index contributed by atoms with van der Waals surface area (Å²) in [5.41, 5.74) is 0.679. The zero-order chi connectivity index (χ0) is 13.3. The SMILES string of the molecule is CCc1onc(-c2cccc(Cl)c2Cl)c1C(=O)O. The Morgan fingerprint density at radius 1 is 1.44 bits per heavy atom. The van der Waals surface area contributed by atoms with Gasteiger partial charge in [0.05, 0.1) is 10.0 Å². The van der Waals surface area contributed by atoms with Crippen LogP contribution in [0.4, 0.5) is 0 Å². The summed E-state index contributed by atoms with van der Waals surface area (Å²) in [6.45, 7) is 1.79. The zero-order valence-corrected chi connectivity index (χ0v) is 10.9. The van der Waals surface area contributed by atoms with Crippen molar-refractivity contribution < 1.29 is 14.4 Å². The molecule has 0 aliphatic heterocycles. The van der Waals surface area contributed by atoms with Gasteiger partial charge in [0.2, 0.25) is 0 Å². The Hall–Kier alpha value is -1.52. The van der Waals surface area contributed by atoms with Crippen LogP contribution in [-0.4, -0.2) is 16.2 Å². The van der Waals surface area contributed by atoms with Gasteiger partial charge in [-0.3, -0.25) is 0 Å². The Morgan fingerprint density at radius 2 is 2.17 bits per heavy atom. The smallest absolute Gasteiger partial charge is 0.341 e. The average Bonchev–Trinajstić information content (AvgIpc) is 2.76. The van der Waals surface area contributed by atoms with Gasteiger partial charge in [-0.05, 0) is 6.07 Å². The van der Waals surface area contributed by atoms with Crippen LogP contribution < -0.4 is 0 Å². The standard InChI is InChI=1S/C12H9Cl2NO3/c1-2-8-9(12(16)17)11(15-18-8)6-4-3-5-7(13)10(6)14/h3-5H,2H2,1H3,(H,16,17). The van der Waals surface area contributed by atoms with E-state index < -0.39 is 5.97 Å². The number of benzene rings is 1. The van der Waals surface area contributed by atoms with E-state index in [1.165, 1.54) is 0 Å². The zero-order valence-electron chi connectivity index (χ0n) is 9.41. The number of carbonyl (C=O) groups is 1. The summed E-state index contributed by atoms with van der Waals surface area (Å²) in [6.07, 6.45) is 0.437. The molecule has 4 nitrogen and oxygen atoms in total. The highest BCUT2D eigenvalue weighted by Crippen LogP contribution is 2.35. The minimum absolute atomic E-state index is 0.0293. The molecule has 18 heavy (non-hydrogen) atoms. The Morgan fingerprint density at radius 3 is 2.78 bits per heavy atom. The second kappa shape index (κ2) is 5.00. The molecule has 0 saturated heterocycles. The van der Waals surface area contributed by atoms with Gasteiger partial charge in [-0.2, -0.15) is 0 Å². The van der Waals surface area contributed by atoms with E-state index in [1.807, 2.05) is 0 Å². The van der Waals surface area contributed by atoms with E-state index in [1.54, 1.807) is 25.1 Å². The van der Waals surface area contributed by atoms with Gasteiger partial charge in [-0.15, -0.1) is 0 Å². The van der Waals surface area contributed by atoms with Crippen molar-refractivity contribution in [3.8, 4) is 11.3 Å². The summed E-state index contributed by atoms with van der Waals surface area (Å²) >= 11 is 11.9. The summed E-state index contributed by atoms with van der Waals surface area (Å²) in [7, 11) is 0. The average molecular weight is 286 g/mol. The second-order valence-electron chi connectivity index (χ2n) is 3.59. The van der Waals surface area contributed by atoms with Gasteiger partial charge in [-0.25, -0.2) is 4.79 Å². The molecule has 0 atom stereocenters. The van der Waals surface area contributed by atoms with Gasteiger partial charge in [0.25, 0.3) is 0 Å². The molecule has 1 aromatic heterocycles. The number of carboxylic acid groups (broad SMARTS) is 1. The molecule has 2 rings (SSSR count). The number of nitrogens with zero attached hydrogens (tertiary/aromatic N) is 1. The van der Waals surface area contributed by atoms with E-state index in [2.05, 4.69) is 5.16 Å². The number of carboxylic acids is 1. The predicted octanol–water partition coefficient (Wildman–Crippen LogP) is 3.91. The molecule has 2 aromatic rings. The fraction of sp³-hybridized carbons (Fsp3) is 0.167. The summed E-state index contributed by atoms with van der Waals surface area (Å²) < 4.78 is 5.02. The van der Waals surface area contributed by atoms with Crippen LogP contribution in [0.1, 0.15) is 23.0 Å². The molecule has 0 aliphatic carbocycles. The first kappa shape index (κ1) is 12.9. The highest BCUT2D eigenvalue weighted by Gasteiger charge is 2.24. The van der Waals surface area contributed by atoms with Crippen LogP contribution >= 0.6 is 23.2 Å². The lowest BCUT2D eigenvalue weighted by molar-refractivity contribution is 0.0695. The Kier molecular flexibility index (Phi) is 3.59. The fourth-order valence-corrected chi connectivity index (χ4v) is 2.05. The molecule has 0 amide bonds. The number of hydrogen-bond acceptors (Lipinski definition) is 3. The lowest BCUT2D eigenvalue weighted by Crippen LogP contribution is -2.01. The molecule has 0 aliphatic rings. The molecular weight excluding hydrogens is 277 g/mol. The van der Waals surface area contributed by atoms with Crippen LogP contribution in [0.2, 0.25) is 10.0 Å². The topological polar surface area (TPSA) is 63.3 Å². The van der Waals surface area contributed by atoms with E-state index >= 15 is 0 Å². The number of hydrogen-bond donors (Lipinski definition) is 1. The molecule has 0 spiro atoms. The van der Waals surface area contributed by atoms with Gasteiger partial charge in [-0.1, -0.05) is 47.4 Å². The minimum atomic E-state index is -1.10. The lowest BCUT2D eigenvalue weighted by atomic mass is 10.1. The van der Waals surface area contributed by atoms with Crippen molar-refractivity contribution in [3.63, 3.8) is 0 Å². The van der Waals surface area contributed by atoms with Crippen LogP contribution in [0.3, 0.4) is 0 Å². The molecule has 1 aromatic carbocycles. The first-order valence-electron chi connectivity index (χ1n) is 5.22. The van der Waals surface area contributed by atoms with Gasteiger partial charge in [0, 0.05) is 12.0 Å².